The largest absolute Gasteiger partial charge is 0.494 e. The van der Waals surface area contributed by atoms with E-state index in [2.05, 4.69) is 51.3 Å². The molecule has 0 spiro atoms. The van der Waals surface area contributed by atoms with Crippen molar-refractivity contribution >= 4 is 11.3 Å². The fourth-order valence-corrected chi connectivity index (χ4v) is 3.44. The maximum absolute atomic E-state index is 5.94. The molecule has 0 aliphatic heterocycles. The summed E-state index contributed by atoms with van der Waals surface area (Å²) in [5.74, 6) is 0.955. The number of hydrogen-bond donors (Lipinski definition) is 1. The van der Waals surface area contributed by atoms with E-state index in [1.807, 2.05) is 0 Å². The van der Waals surface area contributed by atoms with Gasteiger partial charge in [0.15, 0.2) is 0 Å². The van der Waals surface area contributed by atoms with Crippen LogP contribution in [0.25, 0.3) is 0 Å². The van der Waals surface area contributed by atoms with Crippen molar-refractivity contribution in [2.75, 3.05) is 13.2 Å². The molecule has 0 amide bonds. The second kappa shape index (κ2) is 7.25. The van der Waals surface area contributed by atoms with Gasteiger partial charge in [0.1, 0.15) is 5.75 Å². The van der Waals surface area contributed by atoms with Gasteiger partial charge in [-0.05, 0) is 50.1 Å². The molecule has 0 bridgehead atoms. The van der Waals surface area contributed by atoms with Crippen molar-refractivity contribution in [3.8, 4) is 5.75 Å². The number of aryl methyl sites for hydroxylation is 2. The number of ether oxygens (including phenoxy) is 1. The van der Waals surface area contributed by atoms with Crippen LogP contribution in [-0.4, -0.2) is 18.1 Å². The summed E-state index contributed by atoms with van der Waals surface area (Å²) in [5, 5.41) is 3.29. The zero-order valence-electron chi connectivity index (χ0n) is 14.0. The number of aromatic nitrogens is 1. The molecule has 1 aromatic heterocycles. The number of benzene rings is 1. The molecule has 0 aliphatic carbocycles. The molecule has 0 saturated carbocycles. The van der Waals surface area contributed by atoms with Gasteiger partial charge in [0, 0.05) is 17.2 Å². The molecule has 4 heteroatoms. The Kier molecular flexibility index (Phi) is 5.59. The van der Waals surface area contributed by atoms with Crippen LogP contribution >= 0.6 is 11.3 Å². The maximum atomic E-state index is 5.94. The third-order valence-corrected chi connectivity index (χ3v) is 4.98. The minimum atomic E-state index is 0.0242. The summed E-state index contributed by atoms with van der Waals surface area (Å²) >= 11 is 1.73. The minimum Gasteiger partial charge on any atom is -0.494 e. The van der Waals surface area contributed by atoms with E-state index in [0.29, 0.717) is 13.2 Å². The average molecular weight is 318 g/mol. The number of nitrogens with two attached hydrogens (primary N) is 1. The highest BCUT2D eigenvalue weighted by Gasteiger charge is 2.24. The Morgan fingerprint density at radius 2 is 1.86 bits per heavy atom. The van der Waals surface area contributed by atoms with Gasteiger partial charge in [-0.25, -0.2) is 4.98 Å². The Morgan fingerprint density at radius 3 is 2.50 bits per heavy atom. The van der Waals surface area contributed by atoms with E-state index in [1.54, 1.807) is 11.3 Å². The normalized spacial score (nSPS) is 11.7. The Balaban J connectivity index is 1.93. The maximum Gasteiger partial charge on any atom is 0.119 e. The van der Waals surface area contributed by atoms with Gasteiger partial charge in [-0.3, -0.25) is 0 Å². The zero-order chi connectivity index (χ0) is 16.2. The SMILES string of the molecule is Cc1cc(C)cc(OCCC(C)(C)c2nc(CCN)cs2)c1. The lowest BCUT2D eigenvalue weighted by atomic mass is 9.90. The van der Waals surface area contributed by atoms with Gasteiger partial charge >= 0.3 is 0 Å². The summed E-state index contributed by atoms with van der Waals surface area (Å²) in [5.41, 5.74) is 9.19. The molecule has 0 aliphatic rings. The van der Waals surface area contributed by atoms with E-state index in [9.17, 15) is 0 Å². The van der Waals surface area contributed by atoms with Crippen LogP contribution in [0.2, 0.25) is 0 Å². The van der Waals surface area contributed by atoms with Crippen molar-refractivity contribution in [3.63, 3.8) is 0 Å². The molecule has 2 aromatic rings. The lowest BCUT2D eigenvalue weighted by Gasteiger charge is -2.22. The molecule has 0 fully saturated rings. The molecule has 0 unspecified atom stereocenters. The quantitative estimate of drug-likeness (QED) is 0.839. The highest BCUT2D eigenvalue weighted by molar-refractivity contribution is 7.09. The molecule has 0 atom stereocenters. The van der Waals surface area contributed by atoms with Crippen LogP contribution in [0.5, 0.6) is 5.75 Å². The van der Waals surface area contributed by atoms with E-state index in [1.165, 1.54) is 16.1 Å². The Labute approximate surface area is 137 Å². The van der Waals surface area contributed by atoms with E-state index in [0.717, 1.165) is 24.3 Å². The molecular weight excluding hydrogens is 292 g/mol. The van der Waals surface area contributed by atoms with Crippen molar-refractivity contribution in [2.45, 2.75) is 46.0 Å². The molecule has 2 N–H and O–H groups in total. The molecule has 2 rings (SSSR count). The second-order valence-corrected chi connectivity index (χ2v) is 7.35. The van der Waals surface area contributed by atoms with Crippen LogP contribution in [0.3, 0.4) is 0 Å². The van der Waals surface area contributed by atoms with Crippen molar-refractivity contribution in [2.24, 2.45) is 5.73 Å². The van der Waals surface area contributed by atoms with Crippen LogP contribution in [0.15, 0.2) is 23.6 Å². The van der Waals surface area contributed by atoms with Crippen molar-refractivity contribution in [3.05, 3.63) is 45.4 Å². The predicted molar refractivity (Wildman–Crippen MR) is 93.9 cm³/mol. The van der Waals surface area contributed by atoms with E-state index in [-0.39, 0.29) is 5.41 Å². The fourth-order valence-electron chi connectivity index (χ4n) is 2.43. The lowest BCUT2D eigenvalue weighted by molar-refractivity contribution is 0.272. The van der Waals surface area contributed by atoms with Crippen molar-refractivity contribution in [1.82, 2.24) is 4.98 Å². The van der Waals surface area contributed by atoms with Gasteiger partial charge in [0.05, 0.1) is 17.3 Å². The summed E-state index contributed by atoms with van der Waals surface area (Å²) in [6.45, 7) is 9.99. The third-order valence-electron chi connectivity index (χ3n) is 3.72. The highest BCUT2D eigenvalue weighted by atomic mass is 32.1. The van der Waals surface area contributed by atoms with Crippen molar-refractivity contribution in [1.29, 1.82) is 0 Å². The van der Waals surface area contributed by atoms with Gasteiger partial charge in [0.25, 0.3) is 0 Å². The molecule has 1 aromatic carbocycles. The van der Waals surface area contributed by atoms with Crippen LogP contribution < -0.4 is 10.5 Å². The lowest BCUT2D eigenvalue weighted by Crippen LogP contribution is -2.20. The zero-order valence-corrected chi connectivity index (χ0v) is 14.8. The number of thiazole rings is 1. The summed E-state index contributed by atoms with van der Waals surface area (Å²) < 4.78 is 5.94. The smallest absolute Gasteiger partial charge is 0.119 e. The molecular formula is C18H26N2OS. The van der Waals surface area contributed by atoms with E-state index >= 15 is 0 Å². The summed E-state index contributed by atoms with van der Waals surface area (Å²) in [6.07, 6.45) is 1.79. The Morgan fingerprint density at radius 1 is 1.18 bits per heavy atom. The van der Waals surface area contributed by atoms with Gasteiger partial charge in [-0.1, -0.05) is 19.9 Å². The summed E-state index contributed by atoms with van der Waals surface area (Å²) in [7, 11) is 0. The topological polar surface area (TPSA) is 48.1 Å². The van der Waals surface area contributed by atoms with Crippen LogP contribution in [-0.2, 0) is 11.8 Å². The van der Waals surface area contributed by atoms with Crippen LogP contribution in [0.1, 0.15) is 42.1 Å². The molecule has 22 heavy (non-hydrogen) atoms. The van der Waals surface area contributed by atoms with E-state index in [4.69, 9.17) is 15.5 Å². The fraction of sp³-hybridized carbons (Fsp3) is 0.500. The first-order valence-electron chi connectivity index (χ1n) is 7.77. The molecule has 3 nitrogen and oxygen atoms in total. The number of nitrogens with zero attached hydrogens (tertiary/aromatic N) is 1. The molecule has 1 heterocycles. The van der Waals surface area contributed by atoms with Gasteiger partial charge < -0.3 is 10.5 Å². The highest BCUT2D eigenvalue weighted by Crippen LogP contribution is 2.30. The number of rotatable bonds is 7. The summed E-state index contributed by atoms with van der Waals surface area (Å²) in [6, 6.07) is 6.33. The monoisotopic (exact) mass is 318 g/mol. The second-order valence-electron chi connectivity index (χ2n) is 6.49. The van der Waals surface area contributed by atoms with Gasteiger partial charge in [0.2, 0.25) is 0 Å². The van der Waals surface area contributed by atoms with E-state index < -0.39 is 0 Å². The Hall–Kier alpha value is -1.39. The predicted octanol–water partition coefficient (Wildman–Crippen LogP) is 4.01. The molecule has 0 saturated heterocycles. The van der Waals surface area contributed by atoms with Crippen LogP contribution in [0.4, 0.5) is 0 Å². The Bertz CT molecular complexity index is 599. The van der Waals surface area contributed by atoms with Crippen LogP contribution in [0, 0.1) is 13.8 Å². The molecule has 120 valence electrons. The first-order valence-corrected chi connectivity index (χ1v) is 8.65. The minimum absolute atomic E-state index is 0.0242. The first kappa shape index (κ1) is 17.0. The molecule has 0 radical (unpaired) electrons. The number of hydrogen-bond acceptors (Lipinski definition) is 4. The standard InChI is InChI=1S/C18H26N2OS/c1-13-9-14(2)11-16(10-13)21-8-6-18(3,4)17-20-15(5-7-19)12-22-17/h9-12H,5-8,19H2,1-4H3. The average Bonchev–Trinajstić information content (AvgIpc) is 2.87. The van der Waals surface area contributed by atoms with Crippen molar-refractivity contribution < 1.29 is 4.74 Å². The third kappa shape index (κ3) is 4.55. The van der Waals surface area contributed by atoms with Gasteiger partial charge in [-0.15, -0.1) is 11.3 Å². The summed E-state index contributed by atoms with van der Waals surface area (Å²) in [4.78, 5) is 4.71. The van der Waals surface area contributed by atoms with Gasteiger partial charge in [-0.2, -0.15) is 0 Å². The first-order chi connectivity index (χ1) is 10.4.